The van der Waals surface area contributed by atoms with E-state index in [-0.39, 0.29) is 0 Å². The van der Waals surface area contributed by atoms with E-state index in [1.54, 1.807) is 9.58 Å². The van der Waals surface area contributed by atoms with Gasteiger partial charge < -0.3 is 20.3 Å². The standard InChI is InChI=1S/C20H27N7O/c1-14-4-5-17(15(2)12-14)23-18-16-13-22-26(3)19(16)25-20(24-18)21-6-7-27-8-10-28-11-9-27/h4-5,12-13H,6-11H2,1-3H3,(H2,21,23,24,25)/p+1. The van der Waals surface area contributed by atoms with Gasteiger partial charge in [-0.15, -0.1) is 0 Å². The van der Waals surface area contributed by atoms with E-state index in [2.05, 4.69) is 52.8 Å². The highest BCUT2D eigenvalue weighted by molar-refractivity contribution is 5.89. The molecule has 4 rings (SSSR count). The highest BCUT2D eigenvalue weighted by atomic mass is 16.5. The Hall–Kier alpha value is -2.71. The fraction of sp³-hybridized carbons (Fsp3) is 0.450. The van der Waals surface area contributed by atoms with Crippen molar-refractivity contribution in [3.63, 3.8) is 0 Å². The summed E-state index contributed by atoms with van der Waals surface area (Å²) in [4.78, 5) is 10.9. The van der Waals surface area contributed by atoms with Gasteiger partial charge in [0.25, 0.3) is 0 Å². The van der Waals surface area contributed by atoms with E-state index < -0.39 is 0 Å². The molecule has 1 aliphatic rings. The molecule has 1 fully saturated rings. The maximum Gasteiger partial charge on any atom is 0.226 e. The second kappa shape index (κ2) is 8.12. The Labute approximate surface area is 164 Å². The fourth-order valence-electron chi connectivity index (χ4n) is 3.54. The van der Waals surface area contributed by atoms with Crippen molar-refractivity contribution >= 4 is 28.5 Å². The number of quaternary nitrogens is 1. The minimum atomic E-state index is 0.621. The molecule has 3 heterocycles. The van der Waals surface area contributed by atoms with Crippen molar-refractivity contribution in [1.82, 2.24) is 19.7 Å². The Balaban J connectivity index is 1.55. The summed E-state index contributed by atoms with van der Waals surface area (Å²) >= 11 is 0. The largest absolute Gasteiger partial charge is 0.370 e. The van der Waals surface area contributed by atoms with Crippen LogP contribution in [0.3, 0.4) is 0 Å². The fourth-order valence-corrected chi connectivity index (χ4v) is 3.54. The van der Waals surface area contributed by atoms with Gasteiger partial charge in [-0.25, -0.2) is 0 Å². The molecule has 0 radical (unpaired) electrons. The second-order valence-corrected chi connectivity index (χ2v) is 7.38. The summed E-state index contributed by atoms with van der Waals surface area (Å²) in [7, 11) is 1.90. The van der Waals surface area contributed by atoms with E-state index in [0.29, 0.717) is 5.95 Å². The third-order valence-electron chi connectivity index (χ3n) is 5.19. The number of benzene rings is 1. The zero-order valence-electron chi connectivity index (χ0n) is 16.7. The zero-order valence-corrected chi connectivity index (χ0v) is 16.7. The molecule has 1 saturated heterocycles. The first-order valence-electron chi connectivity index (χ1n) is 9.79. The molecule has 0 unspecified atom stereocenters. The lowest BCUT2D eigenvalue weighted by Crippen LogP contribution is -3.14. The van der Waals surface area contributed by atoms with Crippen molar-refractivity contribution in [3.8, 4) is 0 Å². The Morgan fingerprint density at radius 1 is 1.18 bits per heavy atom. The molecule has 1 aromatic carbocycles. The Morgan fingerprint density at radius 3 is 2.79 bits per heavy atom. The van der Waals surface area contributed by atoms with Gasteiger partial charge in [-0.1, -0.05) is 17.7 Å². The van der Waals surface area contributed by atoms with Crippen LogP contribution in [0.15, 0.2) is 24.4 Å². The number of nitrogens with zero attached hydrogens (tertiary/aromatic N) is 4. The average Bonchev–Trinajstić information content (AvgIpc) is 3.06. The lowest BCUT2D eigenvalue weighted by atomic mass is 10.1. The predicted octanol–water partition coefficient (Wildman–Crippen LogP) is 1.05. The molecule has 8 heteroatoms. The molecule has 2 aromatic heterocycles. The van der Waals surface area contributed by atoms with Crippen molar-refractivity contribution in [2.45, 2.75) is 13.8 Å². The first-order valence-corrected chi connectivity index (χ1v) is 9.79. The number of hydrogen-bond acceptors (Lipinski definition) is 6. The summed E-state index contributed by atoms with van der Waals surface area (Å²) in [6.07, 6.45) is 1.81. The van der Waals surface area contributed by atoms with Crippen molar-refractivity contribution < 1.29 is 9.64 Å². The van der Waals surface area contributed by atoms with Crippen LogP contribution in [0.1, 0.15) is 11.1 Å². The Bertz CT molecular complexity index is 963. The third kappa shape index (κ3) is 4.07. The molecule has 0 spiro atoms. The molecule has 0 aliphatic carbocycles. The average molecular weight is 382 g/mol. The van der Waals surface area contributed by atoms with E-state index in [9.17, 15) is 0 Å². The van der Waals surface area contributed by atoms with Gasteiger partial charge in [0, 0.05) is 12.7 Å². The van der Waals surface area contributed by atoms with Crippen LogP contribution in [-0.4, -0.2) is 59.1 Å². The van der Waals surface area contributed by atoms with Crippen molar-refractivity contribution in [1.29, 1.82) is 0 Å². The van der Waals surface area contributed by atoms with Crippen LogP contribution in [0.5, 0.6) is 0 Å². The highest BCUT2D eigenvalue weighted by Gasteiger charge is 2.15. The van der Waals surface area contributed by atoms with Crippen LogP contribution in [0, 0.1) is 13.8 Å². The molecule has 0 bridgehead atoms. The predicted molar refractivity (Wildman–Crippen MR) is 110 cm³/mol. The number of nitrogens with one attached hydrogen (secondary N) is 3. The molecule has 1 aliphatic heterocycles. The minimum absolute atomic E-state index is 0.621. The maximum atomic E-state index is 5.42. The topological polar surface area (TPSA) is 81.3 Å². The number of rotatable bonds is 6. The summed E-state index contributed by atoms with van der Waals surface area (Å²) in [5.74, 6) is 1.39. The normalized spacial score (nSPS) is 15.1. The molecule has 8 nitrogen and oxygen atoms in total. The van der Waals surface area contributed by atoms with Gasteiger partial charge in [0.05, 0.1) is 37.9 Å². The summed E-state index contributed by atoms with van der Waals surface area (Å²) < 4.78 is 7.20. The van der Waals surface area contributed by atoms with Crippen LogP contribution in [0.25, 0.3) is 11.0 Å². The van der Waals surface area contributed by atoms with Gasteiger partial charge in [0.2, 0.25) is 5.95 Å². The lowest BCUT2D eigenvalue weighted by molar-refractivity contribution is -0.906. The number of fused-ring (bicyclic) bond motifs is 1. The van der Waals surface area contributed by atoms with Crippen LogP contribution in [-0.2, 0) is 11.8 Å². The Morgan fingerprint density at radius 2 is 2.00 bits per heavy atom. The maximum absolute atomic E-state index is 5.42. The molecular weight excluding hydrogens is 354 g/mol. The number of aromatic nitrogens is 4. The molecular formula is C20H28N7O+. The third-order valence-corrected chi connectivity index (χ3v) is 5.19. The van der Waals surface area contributed by atoms with E-state index in [4.69, 9.17) is 9.72 Å². The molecule has 0 atom stereocenters. The van der Waals surface area contributed by atoms with Gasteiger partial charge in [-0.2, -0.15) is 15.1 Å². The SMILES string of the molecule is Cc1ccc(Nc2nc(NCC[NH+]3CCOCC3)nc3c2cnn3C)c(C)c1. The number of anilines is 3. The second-order valence-electron chi connectivity index (χ2n) is 7.38. The summed E-state index contributed by atoms with van der Waals surface area (Å²) in [5.41, 5.74) is 4.27. The van der Waals surface area contributed by atoms with Crippen molar-refractivity contribution in [2.75, 3.05) is 50.0 Å². The molecule has 28 heavy (non-hydrogen) atoms. The van der Waals surface area contributed by atoms with Gasteiger partial charge in [0.15, 0.2) is 5.65 Å². The minimum Gasteiger partial charge on any atom is -0.370 e. The first-order chi connectivity index (χ1) is 13.6. The molecule has 0 saturated carbocycles. The molecule has 148 valence electrons. The number of morpholine rings is 1. The number of hydrogen-bond donors (Lipinski definition) is 3. The molecule has 0 amide bonds. The molecule has 3 N–H and O–H groups in total. The zero-order chi connectivity index (χ0) is 19.5. The van der Waals surface area contributed by atoms with Gasteiger partial charge in [0.1, 0.15) is 18.9 Å². The number of aryl methyl sites for hydroxylation is 3. The van der Waals surface area contributed by atoms with E-state index in [1.165, 1.54) is 11.1 Å². The summed E-state index contributed by atoms with van der Waals surface area (Å²) in [6, 6.07) is 6.35. The summed E-state index contributed by atoms with van der Waals surface area (Å²) in [5, 5.41) is 12.1. The van der Waals surface area contributed by atoms with E-state index in [1.807, 2.05) is 13.2 Å². The first kappa shape index (κ1) is 18.6. The summed E-state index contributed by atoms with van der Waals surface area (Å²) in [6.45, 7) is 9.84. The van der Waals surface area contributed by atoms with Crippen LogP contribution < -0.4 is 15.5 Å². The number of ether oxygens (including phenoxy) is 1. The van der Waals surface area contributed by atoms with Gasteiger partial charge in [-0.05, 0) is 25.5 Å². The molecule has 3 aromatic rings. The van der Waals surface area contributed by atoms with Crippen molar-refractivity contribution in [2.24, 2.45) is 7.05 Å². The monoisotopic (exact) mass is 382 g/mol. The van der Waals surface area contributed by atoms with Crippen molar-refractivity contribution in [3.05, 3.63) is 35.5 Å². The Kier molecular flexibility index (Phi) is 5.40. The van der Waals surface area contributed by atoms with E-state index in [0.717, 1.165) is 61.9 Å². The smallest absolute Gasteiger partial charge is 0.226 e. The van der Waals surface area contributed by atoms with Crippen LogP contribution in [0.2, 0.25) is 0 Å². The van der Waals surface area contributed by atoms with E-state index >= 15 is 0 Å². The van der Waals surface area contributed by atoms with Gasteiger partial charge >= 0.3 is 0 Å². The quantitative estimate of drug-likeness (QED) is 0.591. The van der Waals surface area contributed by atoms with Crippen LogP contribution >= 0.6 is 0 Å². The highest BCUT2D eigenvalue weighted by Crippen LogP contribution is 2.26. The lowest BCUT2D eigenvalue weighted by Gasteiger charge is -2.23. The van der Waals surface area contributed by atoms with Crippen LogP contribution in [0.4, 0.5) is 17.5 Å². The van der Waals surface area contributed by atoms with Gasteiger partial charge in [-0.3, -0.25) is 4.68 Å².